The first-order valence-corrected chi connectivity index (χ1v) is 4.18. The Morgan fingerprint density at radius 3 is 2.83 bits per heavy atom. The molecule has 1 amide bonds. The van der Waals surface area contributed by atoms with Crippen LogP contribution >= 0.6 is 15.9 Å². The smallest absolute Gasteiger partial charge is 0.225 e. The predicted molar refractivity (Wildman–Crippen MR) is 47.5 cm³/mol. The summed E-state index contributed by atoms with van der Waals surface area (Å²) < 4.78 is 0.670. The van der Waals surface area contributed by atoms with Gasteiger partial charge in [0.1, 0.15) is 4.60 Å². The third-order valence-corrected chi connectivity index (χ3v) is 1.70. The van der Waals surface area contributed by atoms with Gasteiger partial charge in [-0.15, -0.1) is 0 Å². The van der Waals surface area contributed by atoms with E-state index in [0.717, 1.165) is 0 Å². The molecule has 0 aromatic carbocycles. The summed E-state index contributed by atoms with van der Waals surface area (Å²) in [5, 5.41) is 2.51. The van der Waals surface area contributed by atoms with E-state index in [1.165, 1.54) is 0 Å². The van der Waals surface area contributed by atoms with Gasteiger partial charge in [0, 0.05) is 7.05 Å². The standard InChI is InChI=1S/C7H8BrN3O/c1-9-7(12)2-5-3-11-6(8)4-10-5/h3-4H,2H2,1H3,(H,9,12). The zero-order valence-corrected chi connectivity index (χ0v) is 8.13. The van der Waals surface area contributed by atoms with Crippen LogP contribution in [0.5, 0.6) is 0 Å². The molecule has 12 heavy (non-hydrogen) atoms. The van der Waals surface area contributed by atoms with E-state index in [2.05, 4.69) is 31.2 Å². The summed E-state index contributed by atoms with van der Waals surface area (Å²) in [5.41, 5.74) is 0.664. The molecule has 0 spiro atoms. The van der Waals surface area contributed by atoms with Crippen LogP contribution in [0, 0.1) is 0 Å². The van der Waals surface area contributed by atoms with Gasteiger partial charge in [-0.2, -0.15) is 0 Å². The normalized spacial score (nSPS) is 9.50. The third kappa shape index (κ3) is 2.58. The minimum Gasteiger partial charge on any atom is -0.359 e. The molecule has 5 heteroatoms. The van der Waals surface area contributed by atoms with E-state index in [9.17, 15) is 4.79 Å². The van der Waals surface area contributed by atoms with E-state index < -0.39 is 0 Å². The van der Waals surface area contributed by atoms with Crippen LogP contribution in [0.1, 0.15) is 5.69 Å². The summed E-state index contributed by atoms with van der Waals surface area (Å²) in [6.07, 6.45) is 3.41. The molecule has 4 nitrogen and oxygen atoms in total. The fourth-order valence-corrected chi connectivity index (χ4v) is 0.888. The second-order valence-electron chi connectivity index (χ2n) is 2.18. The van der Waals surface area contributed by atoms with E-state index in [4.69, 9.17) is 0 Å². The number of amides is 1. The lowest BCUT2D eigenvalue weighted by Crippen LogP contribution is -2.20. The Balaban J connectivity index is 2.64. The van der Waals surface area contributed by atoms with Gasteiger partial charge in [-0.3, -0.25) is 9.78 Å². The quantitative estimate of drug-likeness (QED) is 0.806. The van der Waals surface area contributed by atoms with Crippen LogP contribution in [-0.4, -0.2) is 22.9 Å². The van der Waals surface area contributed by atoms with E-state index >= 15 is 0 Å². The molecule has 0 unspecified atom stereocenters. The zero-order valence-electron chi connectivity index (χ0n) is 6.54. The number of likely N-dealkylation sites (N-methyl/N-ethyl adjacent to an activating group) is 1. The largest absolute Gasteiger partial charge is 0.359 e. The number of hydrogen-bond donors (Lipinski definition) is 1. The van der Waals surface area contributed by atoms with Crippen molar-refractivity contribution in [3.63, 3.8) is 0 Å². The Morgan fingerprint density at radius 2 is 2.33 bits per heavy atom. The van der Waals surface area contributed by atoms with Crippen molar-refractivity contribution in [2.75, 3.05) is 7.05 Å². The minimum atomic E-state index is -0.0633. The molecule has 0 bridgehead atoms. The number of nitrogens with zero attached hydrogens (tertiary/aromatic N) is 2. The summed E-state index contributed by atoms with van der Waals surface area (Å²) in [4.78, 5) is 18.8. The molecule has 0 saturated heterocycles. The van der Waals surface area contributed by atoms with Gasteiger partial charge in [-0.25, -0.2) is 4.98 Å². The highest BCUT2D eigenvalue weighted by atomic mass is 79.9. The molecule has 0 aliphatic heterocycles. The summed E-state index contributed by atoms with van der Waals surface area (Å²) in [7, 11) is 1.59. The van der Waals surface area contributed by atoms with Gasteiger partial charge in [0.25, 0.3) is 0 Å². The molecule has 0 radical (unpaired) electrons. The van der Waals surface area contributed by atoms with Gasteiger partial charge < -0.3 is 5.32 Å². The van der Waals surface area contributed by atoms with Crippen molar-refractivity contribution in [1.82, 2.24) is 15.3 Å². The fraction of sp³-hybridized carbons (Fsp3) is 0.286. The van der Waals surface area contributed by atoms with Crippen molar-refractivity contribution in [2.24, 2.45) is 0 Å². The molecule has 1 rings (SSSR count). The van der Waals surface area contributed by atoms with Gasteiger partial charge >= 0.3 is 0 Å². The first kappa shape index (κ1) is 9.12. The van der Waals surface area contributed by atoms with Crippen LogP contribution < -0.4 is 5.32 Å². The van der Waals surface area contributed by atoms with E-state index in [-0.39, 0.29) is 12.3 Å². The summed E-state index contributed by atoms with van der Waals surface area (Å²) in [6, 6.07) is 0. The molecule has 0 atom stereocenters. The average molecular weight is 230 g/mol. The lowest BCUT2D eigenvalue weighted by atomic mass is 10.3. The highest BCUT2D eigenvalue weighted by Gasteiger charge is 2.01. The van der Waals surface area contributed by atoms with Crippen molar-refractivity contribution in [3.05, 3.63) is 22.7 Å². The van der Waals surface area contributed by atoms with Crippen molar-refractivity contribution < 1.29 is 4.79 Å². The maximum atomic E-state index is 10.9. The van der Waals surface area contributed by atoms with Crippen molar-refractivity contribution in [3.8, 4) is 0 Å². The van der Waals surface area contributed by atoms with Crippen molar-refractivity contribution in [1.29, 1.82) is 0 Å². The van der Waals surface area contributed by atoms with Gasteiger partial charge in [0.2, 0.25) is 5.91 Å². The summed E-state index contributed by atoms with van der Waals surface area (Å²) in [6.45, 7) is 0. The maximum Gasteiger partial charge on any atom is 0.225 e. The SMILES string of the molecule is CNC(=O)Cc1cnc(Br)cn1. The Kier molecular flexibility index (Phi) is 3.16. The van der Waals surface area contributed by atoms with Crippen LogP contribution in [0.3, 0.4) is 0 Å². The fourth-order valence-electron chi connectivity index (χ4n) is 0.683. The van der Waals surface area contributed by atoms with Crippen molar-refractivity contribution in [2.45, 2.75) is 6.42 Å². The number of hydrogen-bond acceptors (Lipinski definition) is 3. The molecular weight excluding hydrogens is 222 g/mol. The number of carbonyl (C=O) groups is 1. The molecule has 64 valence electrons. The summed E-state index contributed by atoms with van der Waals surface area (Å²) >= 11 is 3.15. The molecule has 1 aromatic heterocycles. The van der Waals surface area contributed by atoms with Crippen LogP contribution in [0.2, 0.25) is 0 Å². The van der Waals surface area contributed by atoms with Gasteiger partial charge in [0.05, 0.1) is 24.5 Å². The molecule has 0 saturated carbocycles. The molecule has 0 aliphatic carbocycles. The van der Waals surface area contributed by atoms with E-state index in [0.29, 0.717) is 10.3 Å². The van der Waals surface area contributed by atoms with Gasteiger partial charge in [-0.1, -0.05) is 0 Å². The Hall–Kier alpha value is -0.970. The Labute approximate surface area is 78.5 Å². The number of aromatic nitrogens is 2. The molecule has 1 aromatic rings. The van der Waals surface area contributed by atoms with Crippen LogP contribution in [0.4, 0.5) is 0 Å². The van der Waals surface area contributed by atoms with Crippen LogP contribution in [0.15, 0.2) is 17.0 Å². The highest BCUT2D eigenvalue weighted by Crippen LogP contribution is 2.02. The second-order valence-corrected chi connectivity index (χ2v) is 2.99. The molecular formula is C7H8BrN3O. The first-order valence-electron chi connectivity index (χ1n) is 3.39. The third-order valence-electron chi connectivity index (χ3n) is 1.29. The lowest BCUT2D eigenvalue weighted by Gasteiger charge is -1.97. The van der Waals surface area contributed by atoms with E-state index in [1.54, 1.807) is 19.4 Å². The number of rotatable bonds is 2. The lowest BCUT2D eigenvalue weighted by molar-refractivity contribution is -0.120. The maximum absolute atomic E-state index is 10.9. The van der Waals surface area contributed by atoms with Crippen LogP contribution in [0.25, 0.3) is 0 Å². The molecule has 1 heterocycles. The molecule has 0 fully saturated rings. The number of carbonyl (C=O) groups excluding carboxylic acids is 1. The van der Waals surface area contributed by atoms with Crippen molar-refractivity contribution >= 4 is 21.8 Å². The minimum absolute atomic E-state index is 0.0633. The van der Waals surface area contributed by atoms with Gasteiger partial charge in [-0.05, 0) is 15.9 Å². The summed E-state index contributed by atoms with van der Waals surface area (Å²) in [5.74, 6) is -0.0633. The van der Waals surface area contributed by atoms with Gasteiger partial charge in [0.15, 0.2) is 0 Å². The molecule has 1 N–H and O–H groups in total. The van der Waals surface area contributed by atoms with Crippen LogP contribution in [-0.2, 0) is 11.2 Å². The molecule has 0 aliphatic rings. The predicted octanol–water partition coefficient (Wildman–Crippen LogP) is 0.528. The Bertz CT molecular complexity index is 272. The second kappa shape index (κ2) is 4.15. The topological polar surface area (TPSA) is 54.9 Å². The number of nitrogens with one attached hydrogen (secondary N) is 1. The number of halogens is 1. The highest BCUT2D eigenvalue weighted by molar-refractivity contribution is 9.10. The zero-order chi connectivity index (χ0) is 8.97. The van der Waals surface area contributed by atoms with E-state index in [1.807, 2.05) is 0 Å². The first-order chi connectivity index (χ1) is 5.72. The monoisotopic (exact) mass is 229 g/mol. The Morgan fingerprint density at radius 1 is 1.58 bits per heavy atom. The average Bonchev–Trinajstić information content (AvgIpc) is 2.09.